The van der Waals surface area contributed by atoms with Gasteiger partial charge in [-0.05, 0) is 6.42 Å². The van der Waals surface area contributed by atoms with Crippen molar-refractivity contribution in [3.8, 4) is 10.7 Å². The van der Waals surface area contributed by atoms with Crippen LogP contribution in [0.4, 0.5) is 0 Å². The molecular weight excluding hydrogens is 214 g/mol. The van der Waals surface area contributed by atoms with E-state index in [1.54, 1.807) is 22.7 Å². The van der Waals surface area contributed by atoms with Gasteiger partial charge in [-0.1, -0.05) is 6.92 Å². The van der Waals surface area contributed by atoms with Crippen LogP contribution in [0.15, 0.2) is 10.9 Å². The zero-order valence-corrected chi connectivity index (χ0v) is 9.49. The first-order valence-electron chi connectivity index (χ1n) is 4.42. The molecular formula is C9H11N3S2. The van der Waals surface area contributed by atoms with Gasteiger partial charge in [-0.15, -0.1) is 22.7 Å². The van der Waals surface area contributed by atoms with Gasteiger partial charge in [0, 0.05) is 16.8 Å². The molecule has 2 aromatic heterocycles. The monoisotopic (exact) mass is 225 g/mol. The number of hydrogen-bond donors (Lipinski definition) is 1. The molecule has 2 heterocycles. The van der Waals surface area contributed by atoms with Gasteiger partial charge in [-0.3, -0.25) is 0 Å². The molecule has 0 atom stereocenters. The molecule has 3 nitrogen and oxygen atoms in total. The summed E-state index contributed by atoms with van der Waals surface area (Å²) in [6.45, 7) is 2.67. The van der Waals surface area contributed by atoms with Crippen LogP contribution in [0, 0.1) is 0 Å². The fourth-order valence-electron chi connectivity index (χ4n) is 1.25. The van der Waals surface area contributed by atoms with Crippen molar-refractivity contribution in [2.24, 2.45) is 5.73 Å². The van der Waals surface area contributed by atoms with Gasteiger partial charge in [0.25, 0.3) is 0 Å². The lowest BCUT2D eigenvalue weighted by molar-refractivity contribution is 0.989. The molecule has 74 valence electrons. The van der Waals surface area contributed by atoms with Crippen molar-refractivity contribution in [2.45, 2.75) is 19.9 Å². The van der Waals surface area contributed by atoms with Crippen molar-refractivity contribution >= 4 is 22.7 Å². The molecule has 0 saturated heterocycles. The summed E-state index contributed by atoms with van der Waals surface area (Å²) < 4.78 is 0. The Bertz CT molecular complexity index is 384. The molecule has 0 spiro atoms. The van der Waals surface area contributed by atoms with E-state index >= 15 is 0 Å². The van der Waals surface area contributed by atoms with Crippen molar-refractivity contribution < 1.29 is 0 Å². The van der Waals surface area contributed by atoms with Crippen molar-refractivity contribution in [3.63, 3.8) is 0 Å². The molecule has 0 unspecified atom stereocenters. The first kappa shape index (κ1) is 9.76. The minimum Gasteiger partial charge on any atom is -0.326 e. The normalized spacial score (nSPS) is 10.7. The van der Waals surface area contributed by atoms with Crippen LogP contribution in [-0.2, 0) is 13.0 Å². The number of nitrogens with two attached hydrogens (primary N) is 1. The molecule has 0 amide bonds. The second kappa shape index (κ2) is 4.16. The molecule has 0 bridgehead atoms. The molecule has 0 saturated carbocycles. The highest BCUT2D eigenvalue weighted by atomic mass is 32.1. The summed E-state index contributed by atoms with van der Waals surface area (Å²) in [7, 11) is 0. The van der Waals surface area contributed by atoms with Gasteiger partial charge in [0.1, 0.15) is 10.7 Å². The van der Waals surface area contributed by atoms with Gasteiger partial charge < -0.3 is 5.73 Å². The molecule has 0 aliphatic heterocycles. The smallest absolute Gasteiger partial charge is 0.143 e. The Balaban J connectivity index is 2.41. The third-order valence-corrected chi connectivity index (χ3v) is 3.68. The lowest BCUT2D eigenvalue weighted by Crippen LogP contribution is -1.96. The van der Waals surface area contributed by atoms with Crippen molar-refractivity contribution in [1.82, 2.24) is 9.97 Å². The van der Waals surface area contributed by atoms with Gasteiger partial charge in [0.05, 0.1) is 11.2 Å². The maximum absolute atomic E-state index is 5.65. The van der Waals surface area contributed by atoms with Crippen LogP contribution in [0.25, 0.3) is 10.7 Å². The predicted molar refractivity (Wildman–Crippen MR) is 60.5 cm³/mol. The zero-order chi connectivity index (χ0) is 9.97. The van der Waals surface area contributed by atoms with Gasteiger partial charge >= 0.3 is 0 Å². The number of rotatable bonds is 3. The number of nitrogens with zero attached hydrogens (tertiary/aromatic N) is 2. The summed E-state index contributed by atoms with van der Waals surface area (Å²) in [5.41, 5.74) is 9.55. The van der Waals surface area contributed by atoms with Crippen molar-refractivity contribution in [2.75, 3.05) is 0 Å². The van der Waals surface area contributed by atoms with E-state index in [-0.39, 0.29) is 0 Å². The molecule has 2 rings (SSSR count). The Labute approximate surface area is 90.6 Å². The van der Waals surface area contributed by atoms with Crippen LogP contribution in [0.2, 0.25) is 0 Å². The Kier molecular flexibility index (Phi) is 2.90. The lowest BCUT2D eigenvalue weighted by atomic mass is 10.3. The predicted octanol–water partition coefficient (Wildman–Crippen LogP) is 2.29. The van der Waals surface area contributed by atoms with Crippen LogP contribution in [0.1, 0.15) is 17.5 Å². The summed E-state index contributed by atoms with van der Waals surface area (Å²) in [6, 6.07) is 0. The van der Waals surface area contributed by atoms with E-state index in [2.05, 4.69) is 16.9 Å². The van der Waals surface area contributed by atoms with Gasteiger partial charge in [-0.2, -0.15) is 0 Å². The zero-order valence-electron chi connectivity index (χ0n) is 7.86. The van der Waals surface area contributed by atoms with E-state index in [9.17, 15) is 0 Å². The first-order valence-corrected chi connectivity index (χ1v) is 6.18. The molecule has 2 aromatic rings. The second-order valence-corrected chi connectivity index (χ2v) is 4.62. The fourth-order valence-corrected chi connectivity index (χ4v) is 2.85. The van der Waals surface area contributed by atoms with Crippen molar-refractivity contribution in [1.29, 1.82) is 0 Å². The van der Waals surface area contributed by atoms with E-state index in [0.29, 0.717) is 6.54 Å². The summed E-state index contributed by atoms with van der Waals surface area (Å²) in [6.07, 6.45) is 0.938. The Morgan fingerprint density at radius 3 is 2.86 bits per heavy atom. The summed E-state index contributed by atoms with van der Waals surface area (Å²) in [5, 5.41) is 3.00. The molecule has 14 heavy (non-hydrogen) atoms. The Morgan fingerprint density at radius 1 is 1.50 bits per heavy atom. The summed E-state index contributed by atoms with van der Waals surface area (Å²) in [4.78, 5) is 9.94. The highest BCUT2D eigenvalue weighted by Gasteiger charge is 2.10. The first-order chi connectivity index (χ1) is 6.85. The van der Waals surface area contributed by atoms with Gasteiger partial charge in [0.15, 0.2) is 0 Å². The number of aromatic nitrogens is 2. The average molecular weight is 225 g/mol. The van der Waals surface area contributed by atoms with E-state index in [0.717, 1.165) is 22.8 Å². The molecule has 0 radical (unpaired) electrons. The largest absolute Gasteiger partial charge is 0.326 e. The molecule has 2 N–H and O–H groups in total. The lowest BCUT2D eigenvalue weighted by Gasteiger charge is -1.91. The summed E-state index contributed by atoms with van der Waals surface area (Å²) >= 11 is 3.24. The third-order valence-electron chi connectivity index (χ3n) is 1.95. The highest BCUT2D eigenvalue weighted by molar-refractivity contribution is 7.15. The summed E-state index contributed by atoms with van der Waals surface area (Å²) in [5.74, 6) is 0. The quantitative estimate of drug-likeness (QED) is 0.872. The number of hydrogen-bond acceptors (Lipinski definition) is 5. The van der Waals surface area contributed by atoms with Crippen LogP contribution in [-0.4, -0.2) is 9.97 Å². The third kappa shape index (κ3) is 1.70. The standard InChI is InChI=1S/C9H11N3S2/c1-2-6-8(3-10)14-9(12-6)7-4-13-5-11-7/h4-5H,2-3,10H2,1H3. The number of thiazole rings is 2. The van der Waals surface area contributed by atoms with Crippen LogP contribution >= 0.6 is 22.7 Å². The fraction of sp³-hybridized carbons (Fsp3) is 0.333. The van der Waals surface area contributed by atoms with E-state index in [4.69, 9.17) is 5.73 Å². The van der Waals surface area contributed by atoms with E-state index in [1.807, 2.05) is 10.9 Å². The van der Waals surface area contributed by atoms with Crippen LogP contribution in [0.5, 0.6) is 0 Å². The Hall–Kier alpha value is -0.780. The van der Waals surface area contributed by atoms with Crippen LogP contribution < -0.4 is 5.73 Å². The van der Waals surface area contributed by atoms with Crippen LogP contribution in [0.3, 0.4) is 0 Å². The molecule has 0 aliphatic rings. The molecule has 0 fully saturated rings. The maximum Gasteiger partial charge on any atom is 0.143 e. The van der Waals surface area contributed by atoms with Crippen molar-refractivity contribution in [3.05, 3.63) is 21.5 Å². The minimum absolute atomic E-state index is 0.574. The number of aryl methyl sites for hydroxylation is 1. The SMILES string of the molecule is CCc1nc(-c2cscn2)sc1CN. The molecule has 0 aliphatic carbocycles. The highest BCUT2D eigenvalue weighted by Crippen LogP contribution is 2.27. The Morgan fingerprint density at radius 2 is 2.36 bits per heavy atom. The molecule has 0 aromatic carbocycles. The minimum atomic E-state index is 0.574. The van der Waals surface area contributed by atoms with Gasteiger partial charge in [0.2, 0.25) is 0 Å². The topological polar surface area (TPSA) is 51.8 Å². The second-order valence-electron chi connectivity index (χ2n) is 2.82. The van der Waals surface area contributed by atoms with E-state index < -0.39 is 0 Å². The van der Waals surface area contributed by atoms with Gasteiger partial charge in [-0.25, -0.2) is 9.97 Å². The molecule has 5 heteroatoms. The average Bonchev–Trinajstić information content (AvgIpc) is 2.85. The van der Waals surface area contributed by atoms with E-state index in [1.165, 1.54) is 4.88 Å². The maximum atomic E-state index is 5.65.